The van der Waals surface area contributed by atoms with Crippen molar-refractivity contribution in [2.24, 2.45) is 0 Å². The van der Waals surface area contributed by atoms with Crippen LogP contribution in [0.25, 0.3) is 10.3 Å². The van der Waals surface area contributed by atoms with Gasteiger partial charge in [0, 0.05) is 0 Å². The van der Waals surface area contributed by atoms with Gasteiger partial charge in [-0.3, -0.25) is 4.79 Å². The van der Waals surface area contributed by atoms with Crippen LogP contribution in [-0.2, 0) is 0 Å². The van der Waals surface area contributed by atoms with Gasteiger partial charge in [-0.25, -0.2) is 14.4 Å². The molecule has 0 aliphatic carbocycles. The minimum atomic E-state index is -0.592. The van der Waals surface area contributed by atoms with Gasteiger partial charge in [0.25, 0.3) is 0 Å². The minimum Gasteiger partial charge on any atom is -0.296 e. The molecule has 0 aromatic carbocycles. The van der Waals surface area contributed by atoms with Gasteiger partial charge in [0.05, 0.1) is 9.71 Å². The third-order valence-corrected chi connectivity index (χ3v) is 2.49. The number of fused-ring (bicyclic) bond motifs is 1. The Balaban J connectivity index is 2.79. The van der Waals surface area contributed by atoms with Gasteiger partial charge in [-0.15, -0.1) is 11.3 Å². The zero-order chi connectivity index (χ0) is 9.42. The number of aldehydes is 1. The van der Waals surface area contributed by atoms with E-state index in [1.54, 1.807) is 0 Å². The normalized spacial score (nSPS) is 10.6. The van der Waals surface area contributed by atoms with E-state index >= 15 is 0 Å². The first-order chi connectivity index (χ1) is 6.20. The predicted molar refractivity (Wildman–Crippen MR) is 47.5 cm³/mol. The van der Waals surface area contributed by atoms with Crippen molar-refractivity contribution in [3.05, 3.63) is 22.6 Å². The summed E-state index contributed by atoms with van der Waals surface area (Å²) >= 11 is 1.36. The number of halogens is 1. The number of pyridine rings is 1. The van der Waals surface area contributed by atoms with Crippen molar-refractivity contribution in [2.45, 2.75) is 6.92 Å². The summed E-state index contributed by atoms with van der Waals surface area (Å²) in [5, 5.41) is 0.810. The molecule has 66 valence electrons. The number of nitrogens with zero attached hydrogens (tertiary/aromatic N) is 2. The van der Waals surface area contributed by atoms with Crippen LogP contribution < -0.4 is 0 Å². The highest BCUT2D eigenvalue weighted by Gasteiger charge is 2.08. The van der Waals surface area contributed by atoms with E-state index in [-0.39, 0.29) is 5.69 Å². The van der Waals surface area contributed by atoms with Gasteiger partial charge >= 0.3 is 0 Å². The maximum absolute atomic E-state index is 13.0. The fourth-order valence-corrected chi connectivity index (χ4v) is 1.84. The van der Waals surface area contributed by atoms with Crippen LogP contribution in [0.3, 0.4) is 0 Å². The number of carbonyl (C=O) groups is 1. The van der Waals surface area contributed by atoms with E-state index in [4.69, 9.17) is 0 Å². The largest absolute Gasteiger partial charge is 0.296 e. The number of hydrogen-bond donors (Lipinski definition) is 0. The van der Waals surface area contributed by atoms with Crippen LogP contribution in [0.1, 0.15) is 15.5 Å². The van der Waals surface area contributed by atoms with Crippen LogP contribution in [0.5, 0.6) is 0 Å². The minimum absolute atomic E-state index is 0.183. The standard InChI is InChI=1S/C8H5FN2OS/c1-4-10-8-7(13-4)2-5(9)6(3-12)11-8/h2-3H,1H3. The highest BCUT2D eigenvalue weighted by molar-refractivity contribution is 7.18. The summed E-state index contributed by atoms with van der Waals surface area (Å²) in [4.78, 5) is 18.2. The molecule has 2 heterocycles. The molecular weight excluding hydrogens is 191 g/mol. The molecule has 3 nitrogen and oxygen atoms in total. The van der Waals surface area contributed by atoms with E-state index in [0.717, 1.165) is 5.01 Å². The van der Waals surface area contributed by atoms with E-state index in [2.05, 4.69) is 9.97 Å². The lowest BCUT2D eigenvalue weighted by Gasteiger charge is -1.91. The molecule has 13 heavy (non-hydrogen) atoms. The number of carbonyl (C=O) groups excluding carboxylic acids is 1. The Morgan fingerprint density at radius 2 is 2.31 bits per heavy atom. The van der Waals surface area contributed by atoms with Gasteiger partial charge in [0.2, 0.25) is 0 Å². The van der Waals surface area contributed by atoms with E-state index in [0.29, 0.717) is 16.6 Å². The Bertz CT molecular complexity index is 480. The molecular formula is C8H5FN2OS. The molecule has 0 bridgehead atoms. The smallest absolute Gasteiger partial charge is 0.171 e. The second-order valence-corrected chi connectivity index (χ2v) is 3.76. The Labute approximate surface area is 77.2 Å². The maximum atomic E-state index is 13.0. The number of thiazole rings is 1. The number of aromatic nitrogens is 2. The van der Waals surface area contributed by atoms with Gasteiger partial charge < -0.3 is 0 Å². The summed E-state index contributed by atoms with van der Waals surface area (Å²) in [7, 11) is 0. The average Bonchev–Trinajstić information content (AvgIpc) is 2.42. The van der Waals surface area contributed by atoms with Crippen LogP contribution in [0.2, 0.25) is 0 Å². The zero-order valence-corrected chi connectivity index (χ0v) is 7.56. The quantitative estimate of drug-likeness (QED) is 0.655. The molecule has 2 rings (SSSR count). The first kappa shape index (κ1) is 8.25. The SMILES string of the molecule is Cc1nc2nc(C=O)c(F)cc2s1. The Hall–Kier alpha value is -1.36. The highest BCUT2D eigenvalue weighted by atomic mass is 32.1. The molecule has 5 heteroatoms. The van der Waals surface area contributed by atoms with Gasteiger partial charge in [-0.2, -0.15) is 0 Å². The fraction of sp³-hybridized carbons (Fsp3) is 0.125. The molecule has 2 aromatic rings. The molecule has 0 unspecified atom stereocenters. The number of aryl methyl sites for hydroxylation is 1. The zero-order valence-electron chi connectivity index (χ0n) is 6.74. The van der Waals surface area contributed by atoms with Crippen molar-refractivity contribution in [3.63, 3.8) is 0 Å². The van der Waals surface area contributed by atoms with Gasteiger partial charge in [-0.1, -0.05) is 0 Å². The summed E-state index contributed by atoms with van der Waals surface area (Å²) in [5.41, 5.74) is 0.254. The lowest BCUT2D eigenvalue weighted by Crippen LogP contribution is -1.92. The lowest BCUT2D eigenvalue weighted by molar-refractivity contribution is 0.111. The molecule has 2 aromatic heterocycles. The number of hydrogen-bond acceptors (Lipinski definition) is 4. The van der Waals surface area contributed by atoms with Gasteiger partial charge in [-0.05, 0) is 13.0 Å². The summed E-state index contributed by atoms with van der Waals surface area (Å²) in [6.45, 7) is 1.81. The first-order valence-electron chi connectivity index (χ1n) is 3.59. The maximum Gasteiger partial charge on any atom is 0.171 e. The second kappa shape index (κ2) is 2.85. The summed E-state index contributed by atoms with van der Waals surface area (Å²) in [6, 6.07) is 1.29. The molecule has 0 aliphatic rings. The third kappa shape index (κ3) is 1.31. The van der Waals surface area contributed by atoms with Crippen molar-refractivity contribution in [3.8, 4) is 0 Å². The van der Waals surface area contributed by atoms with Crippen LogP contribution >= 0.6 is 11.3 Å². The van der Waals surface area contributed by atoms with Crippen molar-refractivity contribution >= 4 is 28.0 Å². The van der Waals surface area contributed by atoms with Crippen molar-refractivity contribution < 1.29 is 9.18 Å². The lowest BCUT2D eigenvalue weighted by atomic mass is 10.3. The molecule has 0 amide bonds. The molecule has 0 saturated carbocycles. The number of rotatable bonds is 1. The summed E-state index contributed by atoms with van der Waals surface area (Å²) in [6.07, 6.45) is 0.392. The Morgan fingerprint density at radius 1 is 1.54 bits per heavy atom. The molecule has 0 radical (unpaired) electrons. The summed E-state index contributed by atoms with van der Waals surface area (Å²) in [5.74, 6) is -0.592. The van der Waals surface area contributed by atoms with Crippen molar-refractivity contribution in [2.75, 3.05) is 0 Å². The molecule has 0 aliphatic heterocycles. The molecule has 0 atom stereocenters. The van der Waals surface area contributed by atoms with Crippen LogP contribution in [0.15, 0.2) is 6.07 Å². The molecule has 0 spiro atoms. The van der Waals surface area contributed by atoms with E-state index in [1.807, 2.05) is 6.92 Å². The average molecular weight is 196 g/mol. The first-order valence-corrected chi connectivity index (χ1v) is 4.41. The van der Waals surface area contributed by atoms with E-state index in [1.165, 1.54) is 17.4 Å². The molecule has 0 N–H and O–H groups in total. The summed E-state index contributed by atoms with van der Waals surface area (Å²) < 4.78 is 13.7. The highest BCUT2D eigenvalue weighted by Crippen LogP contribution is 2.21. The van der Waals surface area contributed by atoms with Crippen molar-refractivity contribution in [1.82, 2.24) is 9.97 Å². The van der Waals surface area contributed by atoms with E-state index in [9.17, 15) is 9.18 Å². The predicted octanol–water partition coefficient (Wildman–Crippen LogP) is 1.95. The topological polar surface area (TPSA) is 42.9 Å². The van der Waals surface area contributed by atoms with Gasteiger partial charge in [0.1, 0.15) is 5.69 Å². The Kier molecular flexibility index (Phi) is 1.81. The molecule has 0 saturated heterocycles. The molecule has 0 fully saturated rings. The van der Waals surface area contributed by atoms with E-state index < -0.39 is 5.82 Å². The fourth-order valence-electron chi connectivity index (χ4n) is 1.05. The van der Waals surface area contributed by atoms with Crippen LogP contribution in [0, 0.1) is 12.7 Å². The monoisotopic (exact) mass is 196 g/mol. The van der Waals surface area contributed by atoms with Crippen LogP contribution in [0.4, 0.5) is 4.39 Å². The Morgan fingerprint density at radius 3 is 3.00 bits per heavy atom. The van der Waals surface area contributed by atoms with Crippen molar-refractivity contribution in [1.29, 1.82) is 0 Å². The third-order valence-electron chi connectivity index (χ3n) is 1.58. The van der Waals surface area contributed by atoms with Crippen LogP contribution in [-0.4, -0.2) is 16.3 Å². The van der Waals surface area contributed by atoms with Gasteiger partial charge in [0.15, 0.2) is 17.8 Å². The second-order valence-electron chi connectivity index (χ2n) is 2.53.